The Bertz CT molecular complexity index is 613. The molecule has 106 valence electrons. The zero-order valence-electron chi connectivity index (χ0n) is 11.5. The third-order valence-electron chi connectivity index (χ3n) is 3.22. The van der Waals surface area contributed by atoms with Crippen LogP contribution in [0, 0.1) is 6.92 Å². The van der Waals surface area contributed by atoms with Gasteiger partial charge in [-0.1, -0.05) is 47.0 Å². The molecule has 0 radical (unpaired) electrons. The summed E-state index contributed by atoms with van der Waals surface area (Å²) >= 11 is 11.9. The van der Waals surface area contributed by atoms with E-state index in [1.807, 2.05) is 31.2 Å². The van der Waals surface area contributed by atoms with Crippen molar-refractivity contribution in [2.24, 2.45) is 5.73 Å². The third kappa shape index (κ3) is 3.45. The van der Waals surface area contributed by atoms with E-state index in [1.165, 1.54) is 0 Å². The molecule has 20 heavy (non-hydrogen) atoms. The molecule has 1 atom stereocenters. The summed E-state index contributed by atoms with van der Waals surface area (Å²) in [7, 11) is 1.65. The molecule has 2 rings (SSSR count). The molecule has 1 unspecified atom stereocenters. The minimum atomic E-state index is -0.151. The number of ether oxygens (including phenoxy) is 1. The molecule has 0 aliphatic rings. The van der Waals surface area contributed by atoms with E-state index in [1.54, 1.807) is 13.2 Å². The van der Waals surface area contributed by atoms with Crippen molar-refractivity contribution in [3.63, 3.8) is 0 Å². The van der Waals surface area contributed by atoms with E-state index in [4.69, 9.17) is 33.7 Å². The first-order chi connectivity index (χ1) is 9.51. The fourth-order valence-electron chi connectivity index (χ4n) is 2.17. The van der Waals surface area contributed by atoms with Gasteiger partial charge in [-0.3, -0.25) is 0 Å². The van der Waals surface area contributed by atoms with Crippen LogP contribution in [0.2, 0.25) is 10.0 Å². The molecule has 2 aromatic carbocycles. The van der Waals surface area contributed by atoms with Gasteiger partial charge in [0.1, 0.15) is 5.75 Å². The van der Waals surface area contributed by atoms with Gasteiger partial charge in [0.25, 0.3) is 0 Å². The Hall–Kier alpha value is -1.22. The number of hydrogen-bond donors (Lipinski definition) is 1. The van der Waals surface area contributed by atoms with E-state index in [0.717, 1.165) is 22.4 Å². The predicted molar refractivity (Wildman–Crippen MR) is 84.8 cm³/mol. The molecule has 0 fully saturated rings. The van der Waals surface area contributed by atoms with Crippen LogP contribution in [0.25, 0.3) is 0 Å². The van der Waals surface area contributed by atoms with E-state index < -0.39 is 0 Å². The molecule has 0 amide bonds. The molecule has 2 N–H and O–H groups in total. The van der Waals surface area contributed by atoms with Crippen molar-refractivity contribution in [1.82, 2.24) is 0 Å². The summed E-state index contributed by atoms with van der Waals surface area (Å²) in [5, 5.41) is 1.10. The summed E-state index contributed by atoms with van der Waals surface area (Å²) in [5.74, 6) is 0.808. The first kappa shape index (κ1) is 15.2. The first-order valence-corrected chi connectivity index (χ1v) is 7.11. The van der Waals surface area contributed by atoms with E-state index in [9.17, 15) is 0 Å². The van der Waals surface area contributed by atoms with Gasteiger partial charge in [-0.05, 0) is 37.1 Å². The highest BCUT2D eigenvalue weighted by atomic mass is 35.5. The normalized spacial score (nSPS) is 12.2. The van der Waals surface area contributed by atoms with Crippen molar-refractivity contribution >= 4 is 23.2 Å². The molecule has 4 heteroatoms. The van der Waals surface area contributed by atoms with Gasteiger partial charge in [-0.2, -0.15) is 0 Å². The molecule has 0 heterocycles. The van der Waals surface area contributed by atoms with Gasteiger partial charge in [0.15, 0.2) is 0 Å². The van der Waals surface area contributed by atoms with Crippen LogP contribution in [0.4, 0.5) is 0 Å². The Morgan fingerprint density at radius 3 is 2.50 bits per heavy atom. The minimum absolute atomic E-state index is 0.151. The summed E-state index contributed by atoms with van der Waals surface area (Å²) in [6.07, 6.45) is 0.677. The quantitative estimate of drug-likeness (QED) is 0.899. The Balaban J connectivity index is 2.25. The second-order valence-corrected chi connectivity index (χ2v) is 5.62. The Labute approximate surface area is 129 Å². The lowest BCUT2D eigenvalue weighted by Gasteiger charge is -2.17. The highest BCUT2D eigenvalue weighted by Crippen LogP contribution is 2.29. The van der Waals surface area contributed by atoms with Gasteiger partial charge in [-0.25, -0.2) is 0 Å². The molecule has 0 spiro atoms. The van der Waals surface area contributed by atoms with Crippen LogP contribution in [-0.2, 0) is 6.42 Å². The highest BCUT2D eigenvalue weighted by molar-refractivity contribution is 6.42. The minimum Gasteiger partial charge on any atom is -0.496 e. The van der Waals surface area contributed by atoms with Crippen LogP contribution >= 0.6 is 23.2 Å². The van der Waals surface area contributed by atoms with Crippen molar-refractivity contribution in [3.05, 3.63) is 63.1 Å². The van der Waals surface area contributed by atoms with Crippen molar-refractivity contribution in [2.75, 3.05) is 7.11 Å². The van der Waals surface area contributed by atoms with Gasteiger partial charge in [0.2, 0.25) is 0 Å². The molecular formula is C16H17Cl2NO. The van der Waals surface area contributed by atoms with E-state index in [-0.39, 0.29) is 6.04 Å². The molecule has 2 nitrogen and oxygen atoms in total. The van der Waals surface area contributed by atoms with Crippen molar-refractivity contribution < 1.29 is 4.74 Å². The SMILES string of the molecule is COc1ccc(C)cc1C(N)Cc1ccc(Cl)c(Cl)c1. The van der Waals surface area contributed by atoms with Crippen molar-refractivity contribution in [2.45, 2.75) is 19.4 Å². The molecule has 0 bridgehead atoms. The molecule has 0 aromatic heterocycles. The van der Waals surface area contributed by atoms with E-state index in [2.05, 4.69) is 6.07 Å². The summed E-state index contributed by atoms with van der Waals surface area (Å²) in [4.78, 5) is 0. The summed E-state index contributed by atoms with van der Waals surface area (Å²) in [6, 6.07) is 11.4. The van der Waals surface area contributed by atoms with Crippen LogP contribution < -0.4 is 10.5 Å². The molecule has 0 aliphatic carbocycles. The lowest BCUT2D eigenvalue weighted by atomic mass is 9.97. The zero-order chi connectivity index (χ0) is 14.7. The van der Waals surface area contributed by atoms with Gasteiger partial charge >= 0.3 is 0 Å². The monoisotopic (exact) mass is 309 g/mol. The van der Waals surface area contributed by atoms with Gasteiger partial charge < -0.3 is 10.5 Å². The maximum Gasteiger partial charge on any atom is 0.123 e. The number of nitrogens with two attached hydrogens (primary N) is 1. The molecular weight excluding hydrogens is 293 g/mol. The largest absolute Gasteiger partial charge is 0.496 e. The van der Waals surface area contributed by atoms with Crippen LogP contribution in [0.1, 0.15) is 22.7 Å². The summed E-state index contributed by atoms with van der Waals surface area (Å²) < 4.78 is 5.37. The van der Waals surface area contributed by atoms with Crippen LogP contribution in [0.15, 0.2) is 36.4 Å². The first-order valence-electron chi connectivity index (χ1n) is 6.35. The van der Waals surface area contributed by atoms with E-state index in [0.29, 0.717) is 16.5 Å². The Morgan fingerprint density at radius 1 is 1.10 bits per heavy atom. The smallest absolute Gasteiger partial charge is 0.123 e. The maximum atomic E-state index is 6.30. The number of methoxy groups -OCH3 is 1. The fraction of sp³-hybridized carbons (Fsp3) is 0.250. The number of halogens is 2. The lowest BCUT2D eigenvalue weighted by molar-refractivity contribution is 0.405. The van der Waals surface area contributed by atoms with Crippen molar-refractivity contribution in [3.8, 4) is 5.75 Å². The molecule has 0 saturated heterocycles. The lowest BCUT2D eigenvalue weighted by Crippen LogP contribution is -2.14. The predicted octanol–water partition coefficient (Wildman–Crippen LogP) is 4.55. The average molecular weight is 310 g/mol. The maximum absolute atomic E-state index is 6.30. The van der Waals surface area contributed by atoms with Crippen molar-refractivity contribution in [1.29, 1.82) is 0 Å². The summed E-state index contributed by atoms with van der Waals surface area (Å²) in [6.45, 7) is 2.04. The number of rotatable bonds is 4. The Kier molecular flexibility index (Phi) is 4.92. The number of benzene rings is 2. The molecule has 0 aliphatic heterocycles. The Morgan fingerprint density at radius 2 is 1.85 bits per heavy atom. The summed E-state index contributed by atoms with van der Waals surface area (Å²) in [5.41, 5.74) is 9.51. The van der Waals surface area contributed by atoms with Crippen LogP contribution in [-0.4, -0.2) is 7.11 Å². The fourth-order valence-corrected chi connectivity index (χ4v) is 2.49. The zero-order valence-corrected chi connectivity index (χ0v) is 13.0. The van der Waals surface area contributed by atoms with Gasteiger partial charge in [0, 0.05) is 11.6 Å². The average Bonchev–Trinajstić information content (AvgIpc) is 2.43. The highest BCUT2D eigenvalue weighted by Gasteiger charge is 2.13. The van der Waals surface area contributed by atoms with E-state index >= 15 is 0 Å². The topological polar surface area (TPSA) is 35.2 Å². The third-order valence-corrected chi connectivity index (χ3v) is 3.96. The standard InChI is InChI=1S/C16H17Cl2NO/c1-10-3-6-16(20-2)12(7-10)15(19)9-11-4-5-13(17)14(18)8-11/h3-8,15H,9,19H2,1-2H3. The number of aryl methyl sites for hydroxylation is 1. The molecule has 2 aromatic rings. The van der Waals surface area contributed by atoms with Crippen LogP contribution in [0.5, 0.6) is 5.75 Å². The second-order valence-electron chi connectivity index (χ2n) is 4.80. The molecule has 0 saturated carbocycles. The second kappa shape index (κ2) is 6.49. The number of hydrogen-bond acceptors (Lipinski definition) is 2. The van der Waals surface area contributed by atoms with Gasteiger partial charge in [-0.15, -0.1) is 0 Å². The van der Waals surface area contributed by atoms with Gasteiger partial charge in [0.05, 0.1) is 17.2 Å². The van der Waals surface area contributed by atoms with Crippen LogP contribution in [0.3, 0.4) is 0 Å².